The van der Waals surface area contributed by atoms with Crippen molar-refractivity contribution in [3.8, 4) is 11.5 Å². The van der Waals surface area contributed by atoms with Crippen LogP contribution in [0.1, 0.15) is 26.3 Å². The summed E-state index contributed by atoms with van der Waals surface area (Å²) in [4.78, 5) is 12.0. The number of methoxy groups -OCH3 is 1. The third kappa shape index (κ3) is 6.06. The van der Waals surface area contributed by atoms with Gasteiger partial charge >= 0.3 is 0 Å². The fourth-order valence-corrected chi connectivity index (χ4v) is 3.55. The summed E-state index contributed by atoms with van der Waals surface area (Å²) in [6, 6.07) is 5.52. The van der Waals surface area contributed by atoms with E-state index in [2.05, 4.69) is 15.5 Å². The van der Waals surface area contributed by atoms with Crippen molar-refractivity contribution in [2.24, 2.45) is 0 Å². The molecular formula is C17H21N3O3S2. The number of amides is 1. The molecule has 0 saturated carbocycles. The van der Waals surface area contributed by atoms with E-state index in [1.54, 1.807) is 24.9 Å². The molecule has 0 aliphatic heterocycles. The maximum absolute atomic E-state index is 12.0. The Balaban J connectivity index is 2.01. The number of nitrogens with one attached hydrogen (secondary N) is 1. The van der Waals surface area contributed by atoms with Crippen molar-refractivity contribution < 1.29 is 14.3 Å². The number of anilines is 1. The van der Waals surface area contributed by atoms with Crippen molar-refractivity contribution in [2.45, 2.75) is 31.2 Å². The van der Waals surface area contributed by atoms with Gasteiger partial charge < -0.3 is 9.47 Å². The first-order valence-electron chi connectivity index (χ1n) is 7.82. The summed E-state index contributed by atoms with van der Waals surface area (Å²) >= 11 is 2.95. The van der Waals surface area contributed by atoms with E-state index < -0.39 is 0 Å². The molecule has 0 radical (unpaired) electrons. The molecule has 1 aromatic heterocycles. The molecule has 0 aliphatic carbocycles. The highest BCUT2D eigenvalue weighted by Gasteiger charge is 2.08. The highest BCUT2D eigenvalue weighted by molar-refractivity contribution is 8.01. The number of carbonyl (C=O) groups is 1. The van der Waals surface area contributed by atoms with E-state index in [9.17, 15) is 4.79 Å². The number of thioether (sulfide) groups is 1. The third-order valence-electron chi connectivity index (χ3n) is 2.88. The lowest BCUT2D eigenvalue weighted by Gasteiger charge is -2.13. The summed E-state index contributed by atoms with van der Waals surface area (Å²) in [6.07, 6.45) is 3.22. The van der Waals surface area contributed by atoms with Crippen molar-refractivity contribution in [3.05, 3.63) is 29.8 Å². The highest BCUT2D eigenvalue weighted by atomic mass is 32.2. The van der Waals surface area contributed by atoms with Gasteiger partial charge in [0.05, 0.1) is 13.2 Å². The molecule has 6 nitrogen and oxygen atoms in total. The van der Waals surface area contributed by atoms with Gasteiger partial charge in [-0.1, -0.05) is 36.1 Å². The predicted molar refractivity (Wildman–Crippen MR) is 103 cm³/mol. The van der Waals surface area contributed by atoms with E-state index >= 15 is 0 Å². The highest BCUT2D eigenvalue weighted by Crippen LogP contribution is 2.29. The second-order valence-electron chi connectivity index (χ2n) is 5.21. The molecular weight excluding hydrogens is 358 g/mol. The Bertz CT molecular complexity index is 744. The molecule has 0 atom stereocenters. The zero-order valence-electron chi connectivity index (χ0n) is 14.6. The quantitative estimate of drug-likeness (QED) is 0.423. The van der Waals surface area contributed by atoms with E-state index in [0.29, 0.717) is 16.6 Å². The average Bonchev–Trinajstić information content (AvgIpc) is 3.00. The molecule has 8 heteroatoms. The number of hydrogen-bond acceptors (Lipinski definition) is 7. The lowest BCUT2D eigenvalue weighted by molar-refractivity contribution is -0.111. The molecule has 25 heavy (non-hydrogen) atoms. The Morgan fingerprint density at radius 3 is 2.84 bits per heavy atom. The lowest BCUT2D eigenvalue weighted by Crippen LogP contribution is -2.07. The number of benzene rings is 1. The fourth-order valence-electron chi connectivity index (χ4n) is 1.90. The van der Waals surface area contributed by atoms with E-state index in [1.807, 2.05) is 39.0 Å². The summed E-state index contributed by atoms with van der Waals surface area (Å²) in [7, 11) is 1.59. The molecule has 0 saturated heterocycles. The minimum atomic E-state index is -0.259. The SMILES string of the molecule is CCSc1nnc(NC(=O)/C=C/c2ccc(OC(C)C)c(OC)c2)s1. The number of nitrogens with zero attached hydrogens (tertiary/aromatic N) is 2. The zero-order chi connectivity index (χ0) is 18.2. The second-order valence-corrected chi connectivity index (χ2v) is 7.69. The average molecular weight is 380 g/mol. The normalized spacial score (nSPS) is 11.1. The van der Waals surface area contributed by atoms with E-state index in [4.69, 9.17) is 9.47 Å². The van der Waals surface area contributed by atoms with E-state index in [1.165, 1.54) is 17.4 Å². The van der Waals surface area contributed by atoms with Crippen LogP contribution in [-0.2, 0) is 4.79 Å². The summed E-state index contributed by atoms with van der Waals surface area (Å²) in [6.45, 7) is 5.95. The maximum Gasteiger partial charge on any atom is 0.250 e. The molecule has 0 bridgehead atoms. The van der Waals surface area contributed by atoms with Crippen LogP contribution in [-0.4, -0.2) is 35.1 Å². The fraction of sp³-hybridized carbons (Fsp3) is 0.353. The van der Waals surface area contributed by atoms with Crippen molar-refractivity contribution in [1.29, 1.82) is 0 Å². The molecule has 1 N–H and O–H groups in total. The molecule has 0 aliphatic rings. The van der Waals surface area contributed by atoms with Crippen LogP contribution in [0.25, 0.3) is 6.08 Å². The number of carbonyl (C=O) groups excluding carboxylic acids is 1. The monoisotopic (exact) mass is 379 g/mol. The third-order valence-corrected chi connectivity index (χ3v) is 4.74. The molecule has 134 valence electrons. The van der Waals surface area contributed by atoms with Crippen LogP contribution < -0.4 is 14.8 Å². The van der Waals surface area contributed by atoms with Crippen LogP contribution in [0.2, 0.25) is 0 Å². The largest absolute Gasteiger partial charge is 0.493 e. The topological polar surface area (TPSA) is 73.3 Å². The zero-order valence-corrected chi connectivity index (χ0v) is 16.2. The minimum Gasteiger partial charge on any atom is -0.493 e. The Kier molecular flexibility index (Phi) is 7.27. The van der Waals surface area contributed by atoms with Gasteiger partial charge in [-0.3, -0.25) is 10.1 Å². The molecule has 2 rings (SSSR count). The molecule has 0 fully saturated rings. The summed E-state index contributed by atoms with van der Waals surface area (Å²) < 4.78 is 11.9. The minimum absolute atomic E-state index is 0.0590. The standard InChI is InChI=1S/C17H21N3O3S2/c1-5-24-17-20-19-16(25-17)18-15(21)9-7-12-6-8-13(23-11(2)3)14(10-12)22-4/h6-11H,5H2,1-4H3,(H,18,19,21)/b9-7+. The van der Waals surface area contributed by atoms with Gasteiger partial charge in [0.1, 0.15) is 0 Å². The molecule has 0 unspecified atom stereocenters. The Labute approximate surface area is 155 Å². The number of hydrogen-bond donors (Lipinski definition) is 1. The number of ether oxygens (including phenoxy) is 2. The Hall–Kier alpha value is -2.06. The number of aromatic nitrogens is 2. The van der Waals surface area contributed by atoms with Gasteiger partial charge in [-0.05, 0) is 43.4 Å². The van der Waals surface area contributed by atoms with Crippen LogP contribution >= 0.6 is 23.1 Å². The van der Waals surface area contributed by atoms with Crippen molar-refractivity contribution in [2.75, 3.05) is 18.2 Å². The Morgan fingerprint density at radius 2 is 2.16 bits per heavy atom. The first kappa shape index (κ1) is 19.3. The summed E-state index contributed by atoms with van der Waals surface area (Å²) in [5, 5.41) is 11.1. The summed E-state index contributed by atoms with van der Waals surface area (Å²) in [5.41, 5.74) is 0.836. The second kappa shape index (κ2) is 9.43. The van der Waals surface area contributed by atoms with Crippen molar-refractivity contribution >= 4 is 40.2 Å². The van der Waals surface area contributed by atoms with Gasteiger partial charge in [0.25, 0.3) is 0 Å². The van der Waals surface area contributed by atoms with Gasteiger partial charge in [-0.2, -0.15) is 0 Å². The van der Waals surface area contributed by atoms with Crippen LogP contribution in [0.3, 0.4) is 0 Å². The summed E-state index contributed by atoms with van der Waals surface area (Å²) in [5.74, 6) is 1.96. The Morgan fingerprint density at radius 1 is 1.36 bits per heavy atom. The van der Waals surface area contributed by atoms with Gasteiger partial charge in [0.15, 0.2) is 15.8 Å². The molecule has 0 spiro atoms. The van der Waals surface area contributed by atoms with Crippen LogP contribution in [0.5, 0.6) is 11.5 Å². The van der Waals surface area contributed by atoms with Crippen LogP contribution in [0.4, 0.5) is 5.13 Å². The van der Waals surface area contributed by atoms with Gasteiger partial charge in [0, 0.05) is 6.08 Å². The molecule has 2 aromatic rings. The van der Waals surface area contributed by atoms with E-state index in [-0.39, 0.29) is 12.0 Å². The van der Waals surface area contributed by atoms with E-state index in [0.717, 1.165) is 15.7 Å². The molecule has 1 aromatic carbocycles. The first-order valence-corrected chi connectivity index (χ1v) is 9.62. The first-order chi connectivity index (χ1) is 12.0. The maximum atomic E-state index is 12.0. The van der Waals surface area contributed by atoms with Crippen molar-refractivity contribution in [3.63, 3.8) is 0 Å². The predicted octanol–water partition coefficient (Wildman–Crippen LogP) is 4.10. The molecule has 1 amide bonds. The lowest BCUT2D eigenvalue weighted by atomic mass is 10.2. The van der Waals surface area contributed by atoms with Crippen LogP contribution in [0, 0.1) is 0 Å². The van der Waals surface area contributed by atoms with Crippen LogP contribution in [0.15, 0.2) is 28.6 Å². The van der Waals surface area contributed by atoms with Gasteiger partial charge in [-0.15, -0.1) is 10.2 Å². The van der Waals surface area contributed by atoms with Crippen molar-refractivity contribution in [1.82, 2.24) is 10.2 Å². The molecule has 1 heterocycles. The number of rotatable bonds is 8. The smallest absolute Gasteiger partial charge is 0.250 e. The van der Waals surface area contributed by atoms with Gasteiger partial charge in [0.2, 0.25) is 11.0 Å². The van der Waals surface area contributed by atoms with Gasteiger partial charge in [-0.25, -0.2) is 0 Å².